The van der Waals surface area contributed by atoms with E-state index in [0.717, 1.165) is 16.5 Å². The van der Waals surface area contributed by atoms with Crippen LogP contribution < -0.4 is 16.5 Å². The minimum absolute atomic E-state index is 0.291. The van der Waals surface area contributed by atoms with Gasteiger partial charge in [0.2, 0.25) is 5.90 Å². The molecule has 0 spiro atoms. The second-order valence-electron chi connectivity index (χ2n) is 5.27. The molecule has 1 aliphatic heterocycles. The smallest absolute Gasteiger partial charge is 0.333 e. The van der Waals surface area contributed by atoms with Crippen molar-refractivity contribution in [3.05, 3.63) is 42.1 Å². The van der Waals surface area contributed by atoms with Crippen LogP contribution in [0.3, 0.4) is 0 Å². The first-order chi connectivity index (χ1) is 11.6. The number of pyridine rings is 1. The molecule has 1 unspecified atom stereocenters. The highest BCUT2D eigenvalue weighted by molar-refractivity contribution is 5.90. The molecule has 7 nitrogen and oxygen atoms in total. The molecule has 1 atom stereocenters. The number of hydrogen-bond donors (Lipinski definition) is 3. The zero-order valence-electron chi connectivity index (χ0n) is 13.2. The summed E-state index contributed by atoms with van der Waals surface area (Å²) in [6.07, 6.45) is 2.04. The Morgan fingerprint density at radius 2 is 2.33 bits per heavy atom. The SMILES string of the molecule is CC#CCC1=NNC(N)(C(=O)NCc2ccc3ncccc3c2)O1. The third-order valence-corrected chi connectivity index (χ3v) is 3.50. The predicted octanol–water partition coefficient (Wildman–Crippen LogP) is 0.810. The summed E-state index contributed by atoms with van der Waals surface area (Å²) in [5, 5.41) is 7.64. The van der Waals surface area contributed by atoms with E-state index in [1.165, 1.54) is 0 Å². The van der Waals surface area contributed by atoms with Gasteiger partial charge in [-0.05, 0) is 30.7 Å². The Hall–Kier alpha value is -3.11. The first kappa shape index (κ1) is 15.8. The van der Waals surface area contributed by atoms with Gasteiger partial charge >= 0.3 is 11.8 Å². The number of nitrogens with zero attached hydrogens (tertiary/aromatic N) is 2. The summed E-state index contributed by atoms with van der Waals surface area (Å²) in [7, 11) is 0. The molecule has 2 aromatic rings. The maximum atomic E-state index is 12.3. The van der Waals surface area contributed by atoms with E-state index in [2.05, 4.69) is 32.7 Å². The summed E-state index contributed by atoms with van der Waals surface area (Å²) in [5.74, 6) is 3.61. The molecular weight excluding hydrogens is 306 g/mol. The Morgan fingerprint density at radius 1 is 1.46 bits per heavy atom. The molecule has 3 rings (SSSR count). The molecule has 0 bridgehead atoms. The molecule has 4 N–H and O–H groups in total. The Kier molecular flexibility index (Phi) is 4.31. The van der Waals surface area contributed by atoms with Gasteiger partial charge in [-0.2, -0.15) is 0 Å². The molecule has 1 aliphatic rings. The monoisotopic (exact) mass is 323 g/mol. The Bertz CT molecular complexity index is 868. The van der Waals surface area contributed by atoms with Gasteiger partial charge < -0.3 is 10.1 Å². The van der Waals surface area contributed by atoms with Crippen LogP contribution in [0.4, 0.5) is 0 Å². The van der Waals surface area contributed by atoms with Gasteiger partial charge in [0.05, 0.1) is 11.9 Å². The quantitative estimate of drug-likeness (QED) is 0.723. The maximum absolute atomic E-state index is 12.3. The number of fused-ring (bicyclic) bond motifs is 1. The van der Waals surface area contributed by atoms with Gasteiger partial charge in [0.1, 0.15) is 0 Å². The molecule has 7 heteroatoms. The summed E-state index contributed by atoms with van der Waals surface area (Å²) < 4.78 is 5.36. The Labute approximate surface area is 139 Å². The second kappa shape index (κ2) is 6.56. The normalized spacial score (nSPS) is 18.8. The first-order valence-electron chi connectivity index (χ1n) is 7.44. The van der Waals surface area contributed by atoms with E-state index in [1.54, 1.807) is 13.1 Å². The van der Waals surface area contributed by atoms with Gasteiger partial charge in [-0.3, -0.25) is 15.5 Å². The average molecular weight is 323 g/mol. The van der Waals surface area contributed by atoms with Gasteiger partial charge in [-0.1, -0.05) is 18.1 Å². The van der Waals surface area contributed by atoms with Crippen LogP contribution in [0.15, 0.2) is 41.6 Å². The van der Waals surface area contributed by atoms with Crippen LogP contribution >= 0.6 is 0 Å². The van der Waals surface area contributed by atoms with Crippen molar-refractivity contribution in [3.63, 3.8) is 0 Å². The molecule has 2 heterocycles. The number of carbonyl (C=O) groups is 1. The number of amides is 1. The maximum Gasteiger partial charge on any atom is 0.333 e. The Balaban J connectivity index is 1.61. The minimum Gasteiger partial charge on any atom is -0.429 e. The van der Waals surface area contributed by atoms with E-state index in [0.29, 0.717) is 18.9 Å². The molecule has 1 amide bonds. The number of nitrogens with two attached hydrogens (primary N) is 1. The molecule has 1 aromatic heterocycles. The van der Waals surface area contributed by atoms with E-state index in [9.17, 15) is 4.79 Å². The fourth-order valence-electron chi connectivity index (χ4n) is 2.26. The summed E-state index contributed by atoms with van der Waals surface area (Å²) in [4.78, 5) is 16.5. The van der Waals surface area contributed by atoms with Crippen molar-refractivity contribution in [2.24, 2.45) is 10.8 Å². The van der Waals surface area contributed by atoms with E-state index in [-0.39, 0.29) is 0 Å². The topological polar surface area (TPSA) is 102 Å². The summed E-state index contributed by atoms with van der Waals surface area (Å²) in [6, 6.07) is 9.61. The van der Waals surface area contributed by atoms with Crippen molar-refractivity contribution in [2.75, 3.05) is 0 Å². The van der Waals surface area contributed by atoms with Gasteiger partial charge in [0.15, 0.2) is 0 Å². The van der Waals surface area contributed by atoms with Crippen LogP contribution in [-0.4, -0.2) is 22.6 Å². The molecule has 0 saturated carbocycles. The van der Waals surface area contributed by atoms with Crippen LogP contribution in [0.2, 0.25) is 0 Å². The predicted molar refractivity (Wildman–Crippen MR) is 90.2 cm³/mol. The zero-order chi connectivity index (χ0) is 17.0. The lowest BCUT2D eigenvalue weighted by molar-refractivity contribution is -0.139. The highest BCUT2D eigenvalue weighted by Gasteiger charge is 2.41. The third-order valence-electron chi connectivity index (χ3n) is 3.50. The van der Waals surface area contributed by atoms with Gasteiger partial charge in [-0.15, -0.1) is 11.0 Å². The number of aromatic nitrogens is 1. The standard InChI is InChI=1S/C17H17N5O2/c1-2-3-6-15-21-22-17(18,24-15)16(23)20-11-12-7-8-14-13(10-12)5-4-9-19-14/h4-5,7-10,22H,6,11,18H2,1H3,(H,20,23). The second-order valence-corrected chi connectivity index (χ2v) is 5.27. The average Bonchev–Trinajstić information content (AvgIpc) is 3.00. The van der Waals surface area contributed by atoms with Gasteiger partial charge in [-0.25, -0.2) is 5.43 Å². The fourth-order valence-corrected chi connectivity index (χ4v) is 2.26. The van der Waals surface area contributed by atoms with Crippen LogP contribution in [0.1, 0.15) is 18.9 Å². The van der Waals surface area contributed by atoms with Crippen LogP contribution in [-0.2, 0) is 16.1 Å². The number of carbonyl (C=O) groups excluding carboxylic acids is 1. The lowest BCUT2D eigenvalue weighted by Crippen LogP contribution is -2.61. The minimum atomic E-state index is -1.71. The van der Waals surface area contributed by atoms with Crippen molar-refractivity contribution >= 4 is 22.7 Å². The van der Waals surface area contributed by atoms with Crippen LogP contribution in [0, 0.1) is 11.8 Å². The highest BCUT2D eigenvalue weighted by Crippen LogP contribution is 2.14. The molecule has 0 fully saturated rings. The van der Waals surface area contributed by atoms with Crippen molar-refractivity contribution in [1.29, 1.82) is 0 Å². The van der Waals surface area contributed by atoms with Crippen molar-refractivity contribution < 1.29 is 9.53 Å². The number of hydrogen-bond acceptors (Lipinski definition) is 6. The molecular formula is C17H17N5O2. The first-order valence-corrected chi connectivity index (χ1v) is 7.44. The van der Waals surface area contributed by atoms with E-state index >= 15 is 0 Å². The third kappa shape index (κ3) is 3.29. The van der Waals surface area contributed by atoms with Gasteiger partial charge in [0.25, 0.3) is 0 Å². The Morgan fingerprint density at radius 3 is 3.17 bits per heavy atom. The molecule has 0 saturated heterocycles. The van der Waals surface area contributed by atoms with E-state index < -0.39 is 11.8 Å². The largest absolute Gasteiger partial charge is 0.429 e. The molecule has 122 valence electrons. The van der Waals surface area contributed by atoms with Crippen molar-refractivity contribution in [2.45, 2.75) is 25.7 Å². The van der Waals surface area contributed by atoms with Crippen molar-refractivity contribution in [3.8, 4) is 11.8 Å². The van der Waals surface area contributed by atoms with Crippen molar-refractivity contribution in [1.82, 2.24) is 15.7 Å². The number of ether oxygens (including phenoxy) is 1. The summed E-state index contributed by atoms with van der Waals surface area (Å²) >= 11 is 0. The lowest BCUT2D eigenvalue weighted by atomic mass is 10.1. The highest BCUT2D eigenvalue weighted by atomic mass is 16.6. The molecule has 24 heavy (non-hydrogen) atoms. The number of rotatable bonds is 4. The van der Waals surface area contributed by atoms with E-state index in [1.807, 2.05) is 30.3 Å². The number of nitrogens with one attached hydrogen (secondary N) is 2. The fraction of sp³-hybridized carbons (Fsp3) is 0.235. The van der Waals surface area contributed by atoms with Gasteiger partial charge in [0, 0.05) is 18.1 Å². The molecule has 0 radical (unpaired) electrons. The number of benzene rings is 1. The lowest BCUT2D eigenvalue weighted by Gasteiger charge is -2.21. The summed E-state index contributed by atoms with van der Waals surface area (Å²) in [5.41, 5.74) is 10.2. The molecule has 0 aliphatic carbocycles. The van der Waals surface area contributed by atoms with Crippen LogP contribution in [0.5, 0.6) is 0 Å². The number of hydrazone groups is 1. The summed E-state index contributed by atoms with van der Waals surface area (Å²) in [6.45, 7) is 2.03. The van der Waals surface area contributed by atoms with Crippen LogP contribution in [0.25, 0.3) is 10.9 Å². The molecule has 1 aromatic carbocycles. The zero-order valence-corrected chi connectivity index (χ0v) is 13.2. The van der Waals surface area contributed by atoms with E-state index in [4.69, 9.17) is 10.5 Å².